The molecular formula is C9H9NO4. The number of aryl methyl sites for hydroxylation is 1. The summed E-state index contributed by atoms with van der Waals surface area (Å²) in [6.07, 6.45) is 1.82. The molecule has 0 spiro atoms. The summed E-state index contributed by atoms with van der Waals surface area (Å²) in [5.41, 5.74) is -1.39. The summed E-state index contributed by atoms with van der Waals surface area (Å²) in [5.74, 6) is -2.58. The highest BCUT2D eigenvalue weighted by atomic mass is 16.4. The quantitative estimate of drug-likeness (QED) is 0.665. The van der Waals surface area contributed by atoms with Gasteiger partial charge in [0.25, 0.3) is 0 Å². The second-order valence-corrected chi connectivity index (χ2v) is 3.35. The van der Waals surface area contributed by atoms with Crippen molar-refractivity contribution in [1.29, 1.82) is 0 Å². The maximum atomic E-state index is 11.0. The van der Waals surface area contributed by atoms with Gasteiger partial charge in [-0.1, -0.05) is 0 Å². The second kappa shape index (κ2) is 2.60. The Morgan fingerprint density at radius 1 is 1.36 bits per heavy atom. The molecule has 0 radical (unpaired) electrons. The van der Waals surface area contributed by atoms with E-state index in [1.165, 1.54) is 0 Å². The minimum atomic E-state index is -1.75. The van der Waals surface area contributed by atoms with Crippen LogP contribution in [0.15, 0.2) is 18.3 Å². The minimum absolute atomic E-state index is 0.119. The Morgan fingerprint density at radius 3 is 2.57 bits per heavy atom. The van der Waals surface area contributed by atoms with E-state index in [0.717, 1.165) is 0 Å². The van der Waals surface area contributed by atoms with E-state index in [9.17, 15) is 9.59 Å². The first kappa shape index (κ1) is 8.80. The van der Waals surface area contributed by atoms with E-state index in [1.807, 2.05) is 0 Å². The zero-order valence-electron chi connectivity index (χ0n) is 7.30. The number of aromatic nitrogens is 1. The van der Waals surface area contributed by atoms with Gasteiger partial charge in [0.1, 0.15) is 0 Å². The molecule has 0 aromatic carbocycles. The number of fused-ring (bicyclic) bond motifs is 1. The summed E-state index contributed by atoms with van der Waals surface area (Å²) >= 11 is 0. The summed E-state index contributed by atoms with van der Waals surface area (Å²) in [5, 5.41) is 18.0. The standard InChI is InChI=1S/C9H9NO4/c11-7(12)9(8(13)14)3-5-10-4-1-2-6(9)10/h1-2,4H,3,5H2,(H,11,12)(H,13,14). The van der Waals surface area contributed by atoms with Gasteiger partial charge in [-0.25, -0.2) is 0 Å². The Bertz CT molecular complexity index is 393. The molecule has 1 aliphatic heterocycles. The van der Waals surface area contributed by atoms with Crippen molar-refractivity contribution in [3.8, 4) is 0 Å². The van der Waals surface area contributed by atoms with Gasteiger partial charge in [-0.2, -0.15) is 0 Å². The summed E-state index contributed by atoms with van der Waals surface area (Å²) in [4.78, 5) is 22.1. The summed E-state index contributed by atoms with van der Waals surface area (Å²) in [7, 11) is 0. The fourth-order valence-corrected chi connectivity index (χ4v) is 1.94. The molecule has 14 heavy (non-hydrogen) atoms. The van der Waals surface area contributed by atoms with Gasteiger partial charge in [0, 0.05) is 18.4 Å². The molecule has 0 unspecified atom stereocenters. The van der Waals surface area contributed by atoms with Crippen molar-refractivity contribution in [2.75, 3.05) is 0 Å². The first-order chi connectivity index (χ1) is 6.59. The highest BCUT2D eigenvalue weighted by molar-refractivity contribution is 6.04. The largest absolute Gasteiger partial charge is 0.480 e. The molecule has 0 bridgehead atoms. The molecule has 5 nitrogen and oxygen atoms in total. The molecule has 0 amide bonds. The van der Waals surface area contributed by atoms with Gasteiger partial charge >= 0.3 is 11.9 Å². The van der Waals surface area contributed by atoms with Crippen LogP contribution in [0.2, 0.25) is 0 Å². The number of hydrogen-bond donors (Lipinski definition) is 2. The van der Waals surface area contributed by atoms with E-state index in [2.05, 4.69) is 0 Å². The smallest absolute Gasteiger partial charge is 0.327 e. The molecule has 2 N–H and O–H groups in total. The van der Waals surface area contributed by atoms with E-state index in [4.69, 9.17) is 10.2 Å². The topological polar surface area (TPSA) is 79.5 Å². The average molecular weight is 195 g/mol. The Balaban J connectivity index is 2.61. The van der Waals surface area contributed by atoms with Crippen LogP contribution in [0.25, 0.3) is 0 Å². The lowest BCUT2D eigenvalue weighted by Crippen LogP contribution is -2.41. The lowest BCUT2D eigenvalue weighted by molar-refractivity contribution is -0.157. The van der Waals surface area contributed by atoms with Gasteiger partial charge in [-0.15, -0.1) is 0 Å². The van der Waals surface area contributed by atoms with Crippen molar-refractivity contribution in [3.05, 3.63) is 24.0 Å². The zero-order valence-corrected chi connectivity index (χ0v) is 7.30. The normalized spacial score (nSPS) is 17.7. The number of aliphatic carboxylic acids is 2. The third kappa shape index (κ3) is 0.837. The number of nitrogens with zero attached hydrogens (tertiary/aromatic N) is 1. The molecule has 5 heteroatoms. The van der Waals surface area contributed by atoms with Gasteiger partial charge in [0.15, 0.2) is 0 Å². The molecule has 1 aromatic rings. The third-order valence-corrected chi connectivity index (χ3v) is 2.72. The highest BCUT2D eigenvalue weighted by Gasteiger charge is 2.53. The van der Waals surface area contributed by atoms with Crippen LogP contribution in [0.4, 0.5) is 0 Å². The molecule has 2 rings (SSSR count). The van der Waals surface area contributed by atoms with E-state index >= 15 is 0 Å². The van der Waals surface area contributed by atoms with Crippen molar-refractivity contribution >= 4 is 11.9 Å². The Kier molecular flexibility index (Phi) is 1.64. The van der Waals surface area contributed by atoms with Crippen molar-refractivity contribution in [1.82, 2.24) is 4.57 Å². The number of carbonyl (C=O) groups is 2. The average Bonchev–Trinajstić information content (AvgIpc) is 2.60. The number of rotatable bonds is 2. The summed E-state index contributed by atoms with van der Waals surface area (Å²) in [6, 6.07) is 3.21. The van der Waals surface area contributed by atoms with Crippen molar-refractivity contribution in [2.24, 2.45) is 0 Å². The second-order valence-electron chi connectivity index (χ2n) is 3.35. The van der Waals surface area contributed by atoms with Crippen molar-refractivity contribution < 1.29 is 19.8 Å². The molecule has 74 valence electrons. The molecule has 0 atom stereocenters. The van der Waals surface area contributed by atoms with E-state index in [-0.39, 0.29) is 6.42 Å². The third-order valence-electron chi connectivity index (χ3n) is 2.72. The predicted octanol–water partition coefficient (Wildman–Crippen LogP) is 0.299. The van der Waals surface area contributed by atoms with Crippen molar-refractivity contribution in [3.63, 3.8) is 0 Å². The van der Waals surface area contributed by atoms with Gasteiger partial charge < -0.3 is 14.8 Å². The molecular weight excluding hydrogens is 186 g/mol. The summed E-state index contributed by atoms with van der Waals surface area (Å²) < 4.78 is 1.67. The fraction of sp³-hybridized carbons (Fsp3) is 0.333. The predicted molar refractivity (Wildman–Crippen MR) is 46.0 cm³/mol. The maximum Gasteiger partial charge on any atom is 0.327 e. The van der Waals surface area contributed by atoms with E-state index in [1.54, 1.807) is 22.9 Å². The van der Waals surface area contributed by atoms with Crippen LogP contribution in [0.1, 0.15) is 12.1 Å². The maximum absolute atomic E-state index is 11.0. The van der Waals surface area contributed by atoms with Gasteiger partial charge in [-0.05, 0) is 18.6 Å². The van der Waals surface area contributed by atoms with Crippen LogP contribution >= 0.6 is 0 Å². The highest BCUT2D eigenvalue weighted by Crippen LogP contribution is 2.35. The number of carboxylic acids is 2. The van der Waals surface area contributed by atoms with Gasteiger partial charge in [0.05, 0.1) is 0 Å². The lowest BCUT2D eigenvalue weighted by atomic mass is 9.84. The van der Waals surface area contributed by atoms with Crippen LogP contribution < -0.4 is 0 Å². The summed E-state index contributed by atoms with van der Waals surface area (Å²) in [6.45, 7) is 0.445. The lowest BCUT2D eigenvalue weighted by Gasteiger charge is -2.17. The van der Waals surface area contributed by atoms with E-state index in [0.29, 0.717) is 12.2 Å². The van der Waals surface area contributed by atoms with Crippen LogP contribution in [0.5, 0.6) is 0 Å². The molecule has 0 saturated heterocycles. The SMILES string of the molecule is O=C(O)C1(C(=O)O)CCn2cccc21. The van der Waals surface area contributed by atoms with Gasteiger partial charge in [-0.3, -0.25) is 9.59 Å². The van der Waals surface area contributed by atoms with Crippen LogP contribution in [-0.2, 0) is 21.5 Å². The molecule has 0 saturated carbocycles. The molecule has 1 aromatic heterocycles. The fourth-order valence-electron chi connectivity index (χ4n) is 1.94. The minimum Gasteiger partial charge on any atom is -0.480 e. The number of hydrogen-bond acceptors (Lipinski definition) is 2. The Labute approximate surface area is 79.6 Å². The molecule has 1 aliphatic rings. The van der Waals surface area contributed by atoms with Gasteiger partial charge in [0.2, 0.25) is 5.41 Å². The molecule has 0 aliphatic carbocycles. The monoisotopic (exact) mass is 195 g/mol. The first-order valence-electron chi connectivity index (χ1n) is 4.21. The van der Waals surface area contributed by atoms with Crippen molar-refractivity contribution in [2.45, 2.75) is 18.4 Å². The Hall–Kier alpha value is -1.78. The van der Waals surface area contributed by atoms with Crippen LogP contribution in [-0.4, -0.2) is 26.7 Å². The molecule has 2 heterocycles. The number of carboxylic acid groups (broad SMARTS) is 2. The molecule has 0 fully saturated rings. The zero-order chi connectivity index (χ0) is 10.3. The van der Waals surface area contributed by atoms with Crippen LogP contribution in [0.3, 0.4) is 0 Å². The van der Waals surface area contributed by atoms with E-state index < -0.39 is 17.4 Å². The first-order valence-corrected chi connectivity index (χ1v) is 4.21. The Morgan fingerprint density at radius 2 is 2.00 bits per heavy atom. The van der Waals surface area contributed by atoms with Crippen LogP contribution in [0, 0.1) is 0 Å².